The summed E-state index contributed by atoms with van der Waals surface area (Å²) in [6.07, 6.45) is 0.218. The number of nitrogens with one attached hydrogen (secondary N) is 1. The van der Waals surface area contributed by atoms with E-state index < -0.39 is 6.10 Å². The van der Waals surface area contributed by atoms with Crippen molar-refractivity contribution in [3.8, 4) is 5.75 Å². The first-order chi connectivity index (χ1) is 12.2. The highest BCUT2D eigenvalue weighted by molar-refractivity contribution is 5.82. The second-order valence-electron chi connectivity index (χ2n) is 6.37. The molecule has 25 heavy (non-hydrogen) atoms. The SMILES string of the molecule is CCN(CC)Cc1ccccc1CNC(=O)C1Cc2ccccc2O1. The Hall–Kier alpha value is -2.33. The molecule has 1 aliphatic rings. The number of para-hydroxylation sites is 1. The van der Waals surface area contributed by atoms with E-state index in [2.05, 4.69) is 42.3 Å². The first-order valence-corrected chi connectivity index (χ1v) is 9.02. The van der Waals surface area contributed by atoms with Crippen LogP contribution in [-0.2, 0) is 24.3 Å². The van der Waals surface area contributed by atoms with Gasteiger partial charge in [-0.3, -0.25) is 9.69 Å². The van der Waals surface area contributed by atoms with E-state index in [-0.39, 0.29) is 5.91 Å². The molecule has 1 unspecified atom stereocenters. The van der Waals surface area contributed by atoms with E-state index in [1.54, 1.807) is 0 Å². The number of hydrogen-bond acceptors (Lipinski definition) is 3. The molecule has 132 valence electrons. The highest BCUT2D eigenvalue weighted by Gasteiger charge is 2.28. The highest BCUT2D eigenvalue weighted by atomic mass is 16.5. The summed E-state index contributed by atoms with van der Waals surface area (Å²) in [5.74, 6) is 0.776. The van der Waals surface area contributed by atoms with E-state index in [0.29, 0.717) is 13.0 Å². The Kier molecular flexibility index (Phi) is 5.71. The lowest BCUT2D eigenvalue weighted by Gasteiger charge is -2.20. The average molecular weight is 338 g/mol. The minimum Gasteiger partial charge on any atom is -0.480 e. The molecule has 1 N–H and O–H groups in total. The first-order valence-electron chi connectivity index (χ1n) is 9.02. The van der Waals surface area contributed by atoms with Crippen molar-refractivity contribution in [3.05, 3.63) is 65.2 Å². The summed E-state index contributed by atoms with van der Waals surface area (Å²) in [5, 5.41) is 3.04. The fourth-order valence-corrected chi connectivity index (χ4v) is 3.20. The van der Waals surface area contributed by atoms with Crippen LogP contribution < -0.4 is 10.1 Å². The number of ether oxygens (including phenoxy) is 1. The maximum absolute atomic E-state index is 12.5. The van der Waals surface area contributed by atoms with Crippen LogP contribution in [0, 0.1) is 0 Å². The van der Waals surface area contributed by atoms with Crippen molar-refractivity contribution in [2.24, 2.45) is 0 Å². The zero-order valence-electron chi connectivity index (χ0n) is 15.0. The van der Waals surface area contributed by atoms with E-state index in [0.717, 1.165) is 30.9 Å². The van der Waals surface area contributed by atoms with Crippen molar-refractivity contribution in [1.29, 1.82) is 0 Å². The van der Waals surface area contributed by atoms with Crippen molar-refractivity contribution in [3.63, 3.8) is 0 Å². The molecule has 0 bridgehead atoms. The lowest BCUT2D eigenvalue weighted by Crippen LogP contribution is -2.37. The largest absolute Gasteiger partial charge is 0.480 e. The van der Waals surface area contributed by atoms with Gasteiger partial charge >= 0.3 is 0 Å². The van der Waals surface area contributed by atoms with Crippen molar-refractivity contribution < 1.29 is 9.53 Å². The van der Waals surface area contributed by atoms with E-state index in [9.17, 15) is 4.79 Å². The lowest BCUT2D eigenvalue weighted by atomic mass is 10.1. The quantitative estimate of drug-likeness (QED) is 0.843. The molecule has 0 spiro atoms. The van der Waals surface area contributed by atoms with Crippen LogP contribution in [0.25, 0.3) is 0 Å². The van der Waals surface area contributed by atoms with Gasteiger partial charge in [-0.1, -0.05) is 56.3 Å². The number of carbonyl (C=O) groups excluding carboxylic acids is 1. The fraction of sp³-hybridized carbons (Fsp3) is 0.381. The van der Waals surface area contributed by atoms with Crippen LogP contribution in [0.2, 0.25) is 0 Å². The van der Waals surface area contributed by atoms with E-state index in [4.69, 9.17) is 4.74 Å². The summed E-state index contributed by atoms with van der Waals surface area (Å²) < 4.78 is 5.77. The number of nitrogens with zero attached hydrogens (tertiary/aromatic N) is 1. The Morgan fingerprint density at radius 1 is 1.08 bits per heavy atom. The Balaban J connectivity index is 1.60. The highest BCUT2D eigenvalue weighted by Crippen LogP contribution is 2.28. The standard InChI is InChI=1S/C21H26N2O2/c1-3-23(4-2)15-18-11-6-5-10-17(18)14-22-21(24)20-13-16-9-7-8-12-19(16)25-20/h5-12,20H,3-4,13-15H2,1-2H3,(H,22,24). The van der Waals surface area contributed by atoms with Gasteiger partial charge < -0.3 is 10.1 Å². The van der Waals surface area contributed by atoms with Gasteiger partial charge in [0.25, 0.3) is 5.91 Å². The minimum absolute atomic E-state index is 0.0474. The van der Waals surface area contributed by atoms with Crippen LogP contribution in [-0.4, -0.2) is 30.0 Å². The molecule has 2 aromatic rings. The Bertz CT molecular complexity index is 700. The van der Waals surface area contributed by atoms with Gasteiger partial charge in [0.05, 0.1) is 0 Å². The summed E-state index contributed by atoms with van der Waals surface area (Å²) in [7, 11) is 0. The number of hydrogen-bond donors (Lipinski definition) is 1. The number of benzene rings is 2. The Morgan fingerprint density at radius 2 is 1.76 bits per heavy atom. The van der Waals surface area contributed by atoms with Gasteiger partial charge in [-0.05, 0) is 35.8 Å². The summed E-state index contributed by atoms with van der Waals surface area (Å²) in [5.41, 5.74) is 3.53. The van der Waals surface area contributed by atoms with Crippen LogP contribution in [0.3, 0.4) is 0 Å². The number of fused-ring (bicyclic) bond motifs is 1. The zero-order valence-corrected chi connectivity index (χ0v) is 15.0. The van der Waals surface area contributed by atoms with Crippen LogP contribution in [0.5, 0.6) is 5.75 Å². The molecule has 1 atom stereocenters. The molecule has 2 aromatic carbocycles. The molecule has 0 fully saturated rings. The Morgan fingerprint density at radius 3 is 2.48 bits per heavy atom. The molecule has 1 aliphatic heterocycles. The van der Waals surface area contributed by atoms with Crippen molar-refractivity contribution in [1.82, 2.24) is 10.2 Å². The van der Waals surface area contributed by atoms with Gasteiger partial charge in [0, 0.05) is 19.5 Å². The third-order valence-corrected chi connectivity index (χ3v) is 4.80. The van der Waals surface area contributed by atoms with Crippen LogP contribution in [0.4, 0.5) is 0 Å². The minimum atomic E-state index is -0.424. The maximum atomic E-state index is 12.5. The van der Waals surface area contributed by atoms with Gasteiger partial charge in [0.15, 0.2) is 6.10 Å². The predicted octanol–water partition coefficient (Wildman–Crippen LogP) is 3.15. The third-order valence-electron chi connectivity index (χ3n) is 4.80. The third kappa shape index (κ3) is 4.20. The molecular formula is C21H26N2O2. The molecule has 0 aliphatic carbocycles. The smallest absolute Gasteiger partial charge is 0.261 e. The van der Waals surface area contributed by atoms with Crippen LogP contribution >= 0.6 is 0 Å². The lowest BCUT2D eigenvalue weighted by molar-refractivity contribution is -0.127. The summed E-state index contributed by atoms with van der Waals surface area (Å²) in [6, 6.07) is 16.2. The number of rotatable bonds is 7. The van der Waals surface area contributed by atoms with Gasteiger partial charge in [0.1, 0.15) is 5.75 Å². The average Bonchev–Trinajstić information content (AvgIpc) is 3.09. The molecule has 1 amide bonds. The monoisotopic (exact) mass is 338 g/mol. The van der Waals surface area contributed by atoms with E-state index >= 15 is 0 Å². The molecular weight excluding hydrogens is 312 g/mol. The van der Waals surface area contributed by atoms with E-state index in [1.165, 1.54) is 11.1 Å². The van der Waals surface area contributed by atoms with Crippen molar-refractivity contribution >= 4 is 5.91 Å². The second-order valence-corrected chi connectivity index (χ2v) is 6.37. The predicted molar refractivity (Wildman–Crippen MR) is 99.5 cm³/mol. The fourth-order valence-electron chi connectivity index (χ4n) is 3.20. The van der Waals surface area contributed by atoms with Crippen LogP contribution in [0.1, 0.15) is 30.5 Å². The molecule has 1 heterocycles. The van der Waals surface area contributed by atoms with Crippen molar-refractivity contribution in [2.45, 2.75) is 39.5 Å². The Labute approximate surface area is 149 Å². The molecule has 4 nitrogen and oxygen atoms in total. The van der Waals surface area contributed by atoms with Crippen molar-refractivity contribution in [2.75, 3.05) is 13.1 Å². The first kappa shape index (κ1) is 17.5. The van der Waals surface area contributed by atoms with Gasteiger partial charge in [-0.2, -0.15) is 0 Å². The van der Waals surface area contributed by atoms with Gasteiger partial charge in [-0.15, -0.1) is 0 Å². The molecule has 0 radical (unpaired) electrons. The second kappa shape index (κ2) is 8.17. The van der Waals surface area contributed by atoms with Crippen LogP contribution in [0.15, 0.2) is 48.5 Å². The van der Waals surface area contributed by atoms with E-state index in [1.807, 2.05) is 30.3 Å². The topological polar surface area (TPSA) is 41.6 Å². The number of amides is 1. The summed E-state index contributed by atoms with van der Waals surface area (Å²) in [4.78, 5) is 14.9. The van der Waals surface area contributed by atoms with Gasteiger partial charge in [0.2, 0.25) is 0 Å². The normalized spacial score (nSPS) is 15.7. The molecule has 0 aromatic heterocycles. The zero-order chi connectivity index (χ0) is 17.6. The molecule has 0 saturated carbocycles. The summed E-state index contributed by atoms with van der Waals surface area (Å²) in [6.45, 7) is 7.82. The maximum Gasteiger partial charge on any atom is 0.261 e. The molecule has 4 heteroatoms. The molecule has 3 rings (SSSR count). The number of carbonyl (C=O) groups is 1. The van der Waals surface area contributed by atoms with Gasteiger partial charge in [-0.25, -0.2) is 0 Å². The molecule has 0 saturated heterocycles. The summed E-state index contributed by atoms with van der Waals surface area (Å²) >= 11 is 0.